The monoisotopic (exact) mass is 370 g/mol. The molecule has 26 heavy (non-hydrogen) atoms. The number of halogens is 3. The predicted octanol–water partition coefficient (Wildman–Crippen LogP) is 1.90. The minimum atomic E-state index is -4.51. The van der Waals surface area contributed by atoms with Crippen molar-refractivity contribution < 1.29 is 33.0 Å². The third-order valence-corrected chi connectivity index (χ3v) is 5.30. The first-order valence-electron chi connectivity index (χ1n) is 7.82. The van der Waals surface area contributed by atoms with Crippen LogP contribution in [0, 0.1) is 10.8 Å². The number of likely N-dealkylation sites (tertiary alicyclic amines) is 1. The second-order valence-corrected chi connectivity index (χ2v) is 6.78. The molecule has 0 bridgehead atoms. The number of anilines is 1. The molecule has 2 fully saturated rings. The van der Waals surface area contributed by atoms with Gasteiger partial charge < -0.3 is 20.4 Å². The summed E-state index contributed by atoms with van der Waals surface area (Å²) in [6.45, 7) is 1.90. The van der Waals surface area contributed by atoms with Crippen LogP contribution in [0.2, 0.25) is 0 Å². The van der Waals surface area contributed by atoms with Crippen molar-refractivity contribution in [2.24, 2.45) is 10.8 Å². The molecule has 1 aromatic rings. The summed E-state index contributed by atoms with van der Waals surface area (Å²) < 4.78 is 40.3. The lowest BCUT2D eigenvalue weighted by atomic mass is 9.97. The molecule has 1 saturated heterocycles. The van der Waals surface area contributed by atoms with Gasteiger partial charge in [0.25, 0.3) is 5.91 Å². The summed E-state index contributed by atoms with van der Waals surface area (Å²) in [7, 11) is 0. The number of phenolic OH excluding ortho intramolecular Hbond substituents is 1. The zero-order valence-electron chi connectivity index (χ0n) is 13.6. The number of nitrogens with one attached hydrogen (secondary N) is 1. The Kier molecular flexibility index (Phi) is 4.02. The van der Waals surface area contributed by atoms with Crippen LogP contribution in [-0.2, 0) is 4.79 Å². The number of amides is 2. The van der Waals surface area contributed by atoms with Crippen molar-refractivity contribution in [2.45, 2.75) is 12.6 Å². The van der Waals surface area contributed by atoms with E-state index >= 15 is 0 Å². The van der Waals surface area contributed by atoms with Crippen LogP contribution >= 0.6 is 0 Å². The molecule has 2 atom stereocenters. The third kappa shape index (κ3) is 2.54. The second-order valence-electron chi connectivity index (χ2n) is 6.78. The fraction of sp³-hybridized carbons (Fsp3) is 0.412. The summed E-state index contributed by atoms with van der Waals surface area (Å²) in [5.41, 5.74) is -3.44. The number of aromatic hydroxyl groups is 1. The summed E-state index contributed by atoms with van der Waals surface area (Å²) in [5, 5.41) is 21.5. The molecule has 1 aliphatic carbocycles. The molecule has 1 aliphatic heterocycles. The maximum Gasteiger partial charge on any atom is 0.396 e. The van der Waals surface area contributed by atoms with E-state index in [1.165, 1.54) is 18.2 Å². The lowest BCUT2D eigenvalue weighted by Gasteiger charge is -2.23. The Balaban J connectivity index is 1.84. The lowest BCUT2D eigenvalue weighted by molar-refractivity contribution is -0.194. The maximum absolute atomic E-state index is 13.4. The molecule has 140 valence electrons. The van der Waals surface area contributed by atoms with Crippen LogP contribution in [0.4, 0.5) is 18.9 Å². The number of hydrogen-bond donors (Lipinski definition) is 3. The van der Waals surface area contributed by atoms with Gasteiger partial charge in [-0.3, -0.25) is 9.59 Å². The van der Waals surface area contributed by atoms with E-state index in [2.05, 4.69) is 11.9 Å². The van der Waals surface area contributed by atoms with E-state index in [0.29, 0.717) is 0 Å². The number of piperidine rings is 1. The molecule has 2 amide bonds. The zero-order chi connectivity index (χ0) is 19.3. The van der Waals surface area contributed by atoms with Gasteiger partial charge in [0, 0.05) is 24.1 Å². The highest BCUT2D eigenvalue weighted by atomic mass is 19.4. The molecule has 0 radical (unpaired) electrons. The first kappa shape index (κ1) is 18.2. The minimum Gasteiger partial charge on any atom is -0.506 e. The Morgan fingerprint density at radius 1 is 1.35 bits per heavy atom. The van der Waals surface area contributed by atoms with Crippen LogP contribution in [0.5, 0.6) is 5.75 Å². The first-order chi connectivity index (χ1) is 12.1. The smallest absolute Gasteiger partial charge is 0.396 e. The quantitative estimate of drug-likeness (QED) is 0.558. The summed E-state index contributed by atoms with van der Waals surface area (Å²) in [6.07, 6.45) is -3.73. The van der Waals surface area contributed by atoms with Crippen LogP contribution in [-0.4, -0.2) is 52.8 Å². The number of phenols is 1. The number of alkyl halides is 3. The number of nitrogens with zero attached hydrogens (tertiary/aromatic N) is 1. The molecule has 6 nitrogen and oxygen atoms in total. The van der Waals surface area contributed by atoms with Gasteiger partial charge in [-0.15, -0.1) is 0 Å². The third-order valence-electron chi connectivity index (χ3n) is 5.30. The molecule has 3 rings (SSSR count). The Hall–Kier alpha value is -2.55. The standard InChI is InChI=1S/C17H17F3N2O4/c1-2-13(25)21-11-5-10(3-4-12(11)24)14(26)22-7-15(9-23)6-16(15,8-22)17(18,19)20/h2-5,23-24H,1,6-9H2,(H,21,25)/t15-,16-/m1/s1. The molecule has 1 heterocycles. The topological polar surface area (TPSA) is 89.9 Å². The lowest BCUT2D eigenvalue weighted by Crippen LogP contribution is -2.36. The van der Waals surface area contributed by atoms with Gasteiger partial charge in [0.1, 0.15) is 5.75 Å². The number of rotatable bonds is 4. The van der Waals surface area contributed by atoms with E-state index in [-0.39, 0.29) is 30.0 Å². The molecule has 9 heteroatoms. The molecule has 0 unspecified atom stereocenters. The van der Waals surface area contributed by atoms with E-state index in [1.807, 2.05) is 0 Å². The number of hydrogen-bond acceptors (Lipinski definition) is 4. The highest BCUT2D eigenvalue weighted by Crippen LogP contribution is 2.74. The number of benzene rings is 1. The summed E-state index contributed by atoms with van der Waals surface area (Å²) in [5.74, 6) is -1.56. The number of aliphatic hydroxyl groups is 1. The normalized spacial score (nSPS) is 27.0. The van der Waals surface area contributed by atoms with Gasteiger partial charge in [-0.2, -0.15) is 13.2 Å². The minimum absolute atomic E-state index is 0.0221. The molecular weight excluding hydrogens is 353 g/mol. The van der Waals surface area contributed by atoms with Crippen LogP contribution in [0.1, 0.15) is 16.8 Å². The fourth-order valence-corrected chi connectivity index (χ4v) is 3.74. The van der Waals surface area contributed by atoms with Crippen molar-refractivity contribution in [3.8, 4) is 5.75 Å². The molecule has 3 N–H and O–H groups in total. The Bertz CT molecular complexity index is 795. The SMILES string of the molecule is C=CC(=O)Nc1cc(C(=O)N2C[C@@]3(CO)C[C@@]3(C(F)(F)F)C2)ccc1O. The number of carbonyl (C=O) groups is 2. The van der Waals surface area contributed by atoms with E-state index in [9.17, 15) is 33.0 Å². The van der Waals surface area contributed by atoms with Gasteiger partial charge >= 0.3 is 6.18 Å². The Morgan fingerprint density at radius 3 is 2.58 bits per heavy atom. The number of aliphatic hydroxyl groups excluding tert-OH is 1. The molecule has 0 spiro atoms. The van der Waals surface area contributed by atoms with E-state index < -0.39 is 42.0 Å². The van der Waals surface area contributed by atoms with Crippen LogP contribution in [0.3, 0.4) is 0 Å². The molecule has 2 aliphatic rings. The van der Waals surface area contributed by atoms with Crippen molar-refractivity contribution in [2.75, 3.05) is 25.0 Å². The van der Waals surface area contributed by atoms with Crippen molar-refractivity contribution in [1.29, 1.82) is 0 Å². The molecular formula is C17H17F3N2O4. The van der Waals surface area contributed by atoms with Crippen LogP contribution in [0.25, 0.3) is 0 Å². The highest BCUT2D eigenvalue weighted by molar-refractivity contribution is 6.02. The maximum atomic E-state index is 13.4. The first-order valence-corrected chi connectivity index (χ1v) is 7.82. The van der Waals surface area contributed by atoms with Crippen LogP contribution < -0.4 is 5.32 Å². The van der Waals surface area contributed by atoms with Crippen molar-refractivity contribution in [3.05, 3.63) is 36.4 Å². The van der Waals surface area contributed by atoms with E-state index in [1.54, 1.807) is 0 Å². The van der Waals surface area contributed by atoms with Crippen molar-refractivity contribution >= 4 is 17.5 Å². The van der Waals surface area contributed by atoms with E-state index in [4.69, 9.17) is 0 Å². The zero-order valence-corrected chi connectivity index (χ0v) is 13.6. The van der Waals surface area contributed by atoms with Crippen molar-refractivity contribution in [1.82, 2.24) is 4.90 Å². The second kappa shape index (κ2) is 5.73. The van der Waals surface area contributed by atoms with Crippen molar-refractivity contribution in [3.63, 3.8) is 0 Å². The predicted molar refractivity (Wildman–Crippen MR) is 85.5 cm³/mol. The van der Waals surface area contributed by atoms with Gasteiger partial charge in [0.2, 0.25) is 5.91 Å². The van der Waals surface area contributed by atoms with E-state index in [0.717, 1.165) is 11.0 Å². The summed E-state index contributed by atoms with van der Waals surface area (Å²) in [6, 6.07) is 3.62. The van der Waals surface area contributed by atoms with Gasteiger partial charge in [-0.1, -0.05) is 6.58 Å². The molecule has 0 aromatic heterocycles. The van der Waals surface area contributed by atoms with Gasteiger partial charge in [-0.05, 0) is 30.7 Å². The molecule has 1 saturated carbocycles. The largest absolute Gasteiger partial charge is 0.506 e. The Labute approximate surface area is 146 Å². The summed E-state index contributed by atoms with van der Waals surface area (Å²) >= 11 is 0. The number of carbonyl (C=O) groups excluding carboxylic acids is 2. The molecule has 1 aromatic carbocycles. The average Bonchev–Trinajstić information content (AvgIpc) is 3.13. The van der Waals surface area contributed by atoms with Gasteiger partial charge in [0.05, 0.1) is 17.7 Å². The van der Waals surface area contributed by atoms with Gasteiger partial charge in [-0.25, -0.2) is 0 Å². The fourth-order valence-electron chi connectivity index (χ4n) is 3.74. The Morgan fingerprint density at radius 2 is 2.04 bits per heavy atom. The van der Waals surface area contributed by atoms with Gasteiger partial charge in [0.15, 0.2) is 0 Å². The number of fused-ring (bicyclic) bond motifs is 1. The summed E-state index contributed by atoms with van der Waals surface area (Å²) in [4.78, 5) is 25.0. The van der Waals surface area contributed by atoms with Crippen LogP contribution in [0.15, 0.2) is 30.9 Å². The average molecular weight is 370 g/mol. The highest BCUT2D eigenvalue weighted by Gasteiger charge is 2.83.